The summed E-state index contributed by atoms with van der Waals surface area (Å²) in [6.45, 7) is 1.11. The van der Waals surface area contributed by atoms with Gasteiger partial charge in [-0.2, -0.15) is 0 Å². The summed E-state index contributed by atoms with van der Waals surface area (Å²) >= 11 is 14.3. The van der Waals surface area contributed by atoms with Gasteiger partial charge in [-0.25, -0.2) is 8.42 Å². The van der Waals surface area contributed by atoms with Crippen LogP contribution >= 0.6 is 45.8 Å². The maximum absolute atomic E-state index is 13.3. The molecular weight excluding hydrogens is 576 g/mol. The third-order valence-corrected chi connectivity index (χ3v) is 7.01. The van der Waals surface area contributed by atoms with Crippen LogP contribution < -0.4 is 9.62 Å². The minimum atomic E-state index is -3.76. The van der Waals surface area contributed by atoms with Gasteiger partial charge in [0.25, 0.3) is 0 Å². The normalized spacial score (nSPS) is 12.2. The first-order chi connectivity index (χ1) is 14.4. The van der Waals surface area contributed by atoms with Crippen molar-refractivity contribution in [3.05, 3.63) is 61.6 Å². The predicted octanol–water partition coefficient (Wildman–Crippen LogP) is 3.53. The fourth-order valence-corrected chi connectivity index (χ4v) is 4.52. The average molecular weight is 598 g/mol. The SMILES string of the molecule is CNC(=O)[C@@H](C)N(Cc1ccc(Cl)cc1Cl)C(=O)CN(c1ccc(I)cc1)S(C)(=O)=O. The minimum Gasteiger partial charge on any atom is -0.357 e. The van der Waals surface area contributed by atoms with Crippen LogP contribution in [0.2, 0.25) is 10.0 Å². The Labute approximate surface area is 205 Å². The number of benzene rings is 2. The summed E-state index contributed by atoms with van der Waals surface area (Å²) in [6.07, 6.45) is 1.03. The lowest BCUT2D eigenvalue weighted by molar-refractivity contribution is -0.139. The van der Waals surface area contributed by atoms with Gasteiger partial charge in [0.1, 0.15) is 12.6 Å². The van der Waals surface area contributed by atoms with Gasteiger partial charge in [-0.1, -0.05) is 29.3 Å². The Morgan fingerprint density at radius 2 is 1.74 bits per heavy atom. The van der Waals surface area contributed by atoms with Crippen LogP contribution in [-0.4, -0.2) is 51.0 Å². The molecule has 1 atom stereocenters. The zero-order valence-electron chi connectivity index (χ0n) is 17.1. The van der Waals surface area contributed by atoms with Crippen LogP contribution in [0.25, 0.3) is 0 Å². The molecule has 0 heterocycles. The van der Waals surface area contributed by atoms with E-state index in [1.165, 1.54) is 11.9 Å². The van der Waals surface area contributed by atoms with Crippen molar-refractivity contribution in [1.29, 1.82) is 0 Å². The number of anilines is 1. The number of carbonyl (C=O) groups excluding carboxylic acids is 2. The second-order valence-electron chi connectivity index (χ2n) is 6.79. The summed E-state index contributed by atoms with van der Waals surface area (Å²) in [5.41, 5.74) is 0.934. The van der Waals surface area contributed by atoms with Crippen molar-refractivity contribution in [1.82, 2.24) is 10.2 Å². The molecule has 2 rings (SSSR count). The summed E-state index contributed by atoms with van der Waals surface area (Å²) in [7, 11) is -2.29. The third kappa shape index (κ3) is 6.96. The highest BCUT2D eigenvalue weighted by molar-refractivity contribution is 14.1. The van der Waals surface area contributed by atoms with Gasteiger partial charge in [-0.05, 0) is 71.5 Å². The van der Waals surface area contributed by atoms with E-state index >= 15 is 0 Å². The van der Waals surface area contributed by atoms with Crippen molar-refractivity contribution in [2.24, 2.45) is 0 Å². The summed E-state index contributed by atoms with van der Waals surface area (Å²) in [6, 6.07) is 10.7. The molecule has 0 aromatic heterocycles. The topological polar surface area (TPSA) is 86.8 Å². The number of rotatable bonds is 8. The molecule has 0 saturated carbocycles. The van der Waals surface area contributed by atoms with Crippen LogP contribution in [0.15, 0.2) is 42.5 Å². The average Bonchev–Trinajstić information content (AvgIpc) is 2.70. The first-order valence-electron chi connectivity index (χ1n) is 9.12. The van der Waals surface area contributed by atoms with E-state index in [4.69, 9.17) is 23.2 Å². The molecule has 168 valence electrons. The smallest absolute Gasteiger partial charge is 0.244 e. The monoisotopic (exact) mass is 597 g/mol. The lowest BCUT2D eigenvalue weighted by Gasteiger charge is -2.31. The van der Waals surface area contributed by atoms with Gasteiger partial charge >= 0.3 is 0 Å². The Morgan fingerprint density at radius 1 is 1.13 bits per heavy atom. The number of carbonyl (C=O) groups is 2. The number of hydrogen-bond acceptors (Lipinski definition) is 4. The Bertz CT molecular complexity index is 1060. The van der Waals surface area contributed by atoms with E-state index in [1.807, 2.05) is 0 Å². The van der Waals surface area contributed by atoms with E-state index in [-0.39, 0.29) is 6.54 Å². The summed E-state index contributed by atoms with van der Waals surface area (Å²) < 4.78 is 26.8. The molecule has 0 fully saturated rings. The van der Waals surface area contributed by atoms with Crippen LogP contribution in [0, 0.1) is 3.57 Å². The molecule has 2 aromatic rings. The number of nitrogens with zero attached hydrogens (tertiary/aromatic N) is 2. The van der Waals surface area contributed by atoms with Gasteiger partial charge in [0.05, 0.1) is 11.9 Å². The van der Waals surface area contributed by atoms with Gasteiger partial charge in [-0.3, -0.25) is 13.9 Å². The molecule has 31 heavy (non-hydrogen) atoms. The fourth-order valence-electron chi connectivity index (χ4n) is 2.85. The Kier molecular flexibility index (Phi) is 8.99. The maximum Gasteiger partial charge on any atom is 0.244 e. The number of likely N-dealkylation sites (N-methyl/N-ethyl adjacent to an activating group) is 1. The predicted molar refractivity (Wildman–Crippen MR) is 132 cm³/mol. The molecule has 2 aromatic carbocycles. The van der Waals surface area contributed by atoms with E-state index < -0.39 is 34.4 Å². The molecule has 0 aliphatic heterocycles. The quantitative estimate of drug-likeness (QED) is 0.472. The van der Waals surface area contributed by atoms with Gasteiger partial charge < -0.3 is 10.2 Å². The molecule has 0 radical (unpaired) electrons. The lowest BCUT2D eigenvalue weighted by atomic mass is 10.1. The Morgan fingerprint density at radius 3 is 2.26 bits per heavy atom. The third-order valence-electron chi connectivity index (χ3n) is 4.56. The van der Waals surface area contributed by atoms with Crippen molar-refractivity contribution in [2.75, 3.05) is 24.2 Å². The molecule has 0 saturated heterocycles. The molecule has 1 N–H and O–H groups in total. The van der Waals surface area contributed by atoms with Gasteiger partial charge in [0.15, 0.2) is 0 Å². The summed E-state index contributed by atoms with van der Waals surface area (Å²) in [5, 5.41) is 3.29. The van der Waals surface area contributed by atoms with Crippen LogP contribution in [0.1, 0.15) is 12.5 Å². The Hall–Kier alpha value is -1.56. The first-order valence-corrected chi connectivity index (χ1v) is 12.8. The van der Waals surface area contributed by atoms with E-state index in [9.17, 15) is 18.0 Å². The molecule has 0 spiro atoms. The molecule has 2 amide bonds. The number of hydrogen-bond donors (Lipinski definition) is 1. The van der Waals surface area contributed by atoms with Gasteiger partial charge in [0, 0.05) is 27.2 Å². The molecule has 0 aliphatic rings. The molecule has 0 aliphatic carbocycles. The molecular formula is C20H22Cl2IN3O4S. The van der Waals surface area contributed by atoms with Crippen molar-refractivity contribution >= 4 is 73.3 Å². The summed E-state index contributed by atoms with van der Waals surface area (Å²) in [5.74, 6) is -0.940. The number of halogens is 3. The Balaban J connectivity index is 2.40. The second kappa shape index (κ2) is 10.8. The minimum absolute atomic E-state index is 0.00765. The van der Waals surface area contributed by atoms with Crippen molar-refractivity contribution in [2.45, 2.75) is 19.5 Å². The highest BCUT2D eigenvalue weighted by Gasteiger charge is 2.30. The number of nitrogens with one attached hydrogen (secondary N) is 1. The highest BCUT2D eigenvalue weighted by Crippen LogP contribution is 2.24. The fraction of sp³-hybridized carbons (Fsp3) is 0.300. The number of amides is 2. The van der Waals surface area contributed by atoms with Crippen molar-refractivity contribution in [3.63, 3.8) is 0 Å². The second-order valence-corrected chi connectivity index (χ2v) is 10.8. The van der Waals surface area contributed by atoms with E-state index in [0.29, 0.717) is 21.3 Å². The standard InChI is InChI=1S/C20H22Cl2IN3O4S/c1-13(20(28)24-2)25(11-14-4-5-15(21)10-18(14)22)19(27)12-26(31(3,29)30)17-8-6-16(23)7-9-17/h4-10,13H,11-12H2,1-3H3,(H,24,28)/t13-/m1/s1. The molecule has 0 bridgehead atoms. The van der Waals surface area contributed by atoms with Crippen LogP contribution in [0.3, 0.4) is 0 Å². The largest absolute Gasteiger partial charge is 0.357 e. The molecule has 7 nitrogen and oxygen atoms in total. The van der Waals surface area contributed by atoms with Crippen LogP contribution in [0.5, 0.6) is 0 Å². The maximum atomic E-state index is 13.3. The zero-order valence-corrected chi connectivity index (χ0v) is 21.6. The van der Waals surface area contributed by atoms with E-state index in [1.54, 1.807) is 49.4 Å². The number of sulfonamides is 1. The molecule has 0 unspecified atom stereocenters. The van der Waals surface area contributed by atoms with Crippen molar-refractivity contribution < 1.29 is 18.0 Å². The van der Waals surface area contributed by atoms with Crippen molar-refractivity contribution in [3.8, 4) is 0 Å². The first kappa shape index (κ1) is 25.7. The van der Waals surface area contributed by atoms with Crippen LogP contribution in [-0.2, 0) is 26.2 Å². The summed E-state index contributed by atoms with van der Waals surface area (Å²) in [4.78, 5) is 26.8. The molecule has 11 heteroatoms. The van der Waals surface area contributed by atoms with E-state index in [0.717, 1.165) is 14.1 Å². The van der Waals surface area contributed by atoms with Gasteiger partial charge in [0.2, 0.25) is 21.8 Å². The zero-order chi connectivity index (χ0) is 23.3. The van der Waals surface area contributed by atoms with Gasteiger partial charge in [-0.15, -0.1) is 0 Å². The van der Waals surface area contributed by atoms with E-state index in [2.05, 4.69) is 27.9 Å². The highest BCUT2D eigenvalue weighted by atomic mass is 127. The lowest BCUT2D eigenvalue weighted by Crippen LogP contribution is -2.50. The van der Waals surface area contributed by atoms with Crippen LogP contribution in [0.4, 0.5) is 5.69 Å².